The maximum atomic E-state index is 10.9. The first-order chi connectivity index (χ1) is 8.61. The fourth-order valence-electron chi connectivity index (χ4n) is 1.90. The molecule has 0 radical (unpaired) electrons. The summed E-state index contributed by atoms with van der Waals surface area (Å²) >= 11 is 5.74. The normalized spacial score (nSPS) is 16.3. The molecule has 1 heterocycles. The van der Waals surface area contributed by atoms with Crippen LogP contribution in [0.4, 0.5) is 11.5 Å². The smallest absolute Gasteiger partial charge is 0.348 e. The maximum absolute atomic E-state index is 10.9. The van der Waals surface area contributed by atoms with Gasteiger partial charge in [0.2, 0.25) is 11.0 Å². The molecule has 1 saturated carbocycles. The van der Waals surface area contributed by atoms with E-state index in [1.807, 2.05) is 0 Å². The van der Waals surface area contributed by atoms with Gasteiger partial charge >= 0.3 is 5.69 Å². The summed E-state index contributed by atoms with van der Waals surface area (Å²) in [6.45, 7) is 2.05. The summed E-state index contributed by atoms with van der Waals surface area (Å²) in [5.74, 6) is 0.964. The summed E-state index contributed by atoms with van der Waals surface area (Å²) in [7, 11) is 0. The third-order valence-electron chi connectivity index (χ3n) is 3.11. The minimum absolute atomic E-state index is 0.126. The molecule has 1 aliphatic carbocycles. The van der Waals surface area contributed by atoms with Crippen LogP contribution in [0, 0.1) is 16.0 Å². The van der Waals surface area contributed by atoms with E-state index in [9.17, 15) is 10.1 Å². The third kappa shape index (κ3) is 3.07. The number of hydrogen-bond donors (Lipinski definition) is 1. The van der Waals surface area contributed by atoms with Crippen LogP contribution in [0.1, 0.15) is 32.6 Å². The van der Waals surface area contributed by atoms with Gasteiger partial charge in [-0.15, -0.1) is 0 Å². The number of hydrogen-bond acceptors (Lipinski definition) is 5. The van der Waals surface area contributed by atoms with Crippen LogP contribution in [0.2, 0.25) is 5.15 Å². The molecule has 1 aromatic heterocycles. The van der Waals surface area contributed by atoms with Crippen molar-refractivity contribution in [3.05, 3.63) is 21.6 Å². The number of nitrogens with zero attached hydrogens (tertiary/aromatic N) is 3. The molecule has 0 amide bonds. The van der Waals surface area contributed by atoms with Gasteiger partial charge in [-0.05, 0) is 18.8 Å². The van der Waals surface area contributed by atoms with Gasteiger partial charge in [-0.3, -0.25) is 10.1 Å². The zero-order valence-corrected chi connectivity index (χ0v) is 10.9. The van der Waals surface area contributed by atoms with Gasteiger partial charge in [0, 0.05) is 6.04 Å². The molecule has 0 saturated heterocycles. The maximum Gasteiger partial charge on any atom is 0.348 e. The second-order valence-corrected chi connectivity index (χ2v) is 4.91. The molecule has 1 unspecified atom stereocenters. The van der Waals surface area contributed by atoms with E-state index in [4.69, 9.17) is 11.6 Å². The number of anilines is 1. The molecule has 0 spiro atoms. The molecule has 98 valence electrons. The average Bonchev–Trinajstić information content (AvgIpc) is 3.11. The molecule has 1 atom stereocenters. The molecule has 0 aliphatic heterocycles. The highest BCUT2D eigenvalue weighted by molar-refractivity contribution is 6.31. The van der Waals surface area contributed by atoms with Gasteiger partial charge in [0.15, 0.2) is 0 Å². The Bertz CT molecular complexity index is 451. The van der Waals surface area contributed by atoms with Gasteiger partial charge in [0.1, 0.15) is 6.33 Å². The van der Waals surface area contributed by atoms with Crippen molar-refractivity contribution in [1.29, 1.82) is 0 Å². The van der Waals surface area contributed by atoms with Crippen molar-refractivity contribution in [3.8, 4) is 0 Å². The van der Waals surface area contributed by atoms with E-state index < -0.39 is 4.92 Å². The lowest BCUT2D eigenvalue weighted by molar-refractivity contribution is -0.384. The predicted octanol–water partition coefficient (Wildman–Crippen LogP) is 3.03. The summed E-state index contributed by atoms with van der Waals surface area (Å²) in [6.07, 6.45) is 5.67. The molecule has 2 rings (SSSR count). The van der Waals surface area contributed by atoms with Crippen molar-refractivity contribution in [2.24, 2.45) is 5.92 Å². The van der Waals surface area contributed by atoms with Crippen LogP contribution < -0.4 is 5.32 Å². The van der Waals surface area contributed by atoms with Crippen LogP contribution >= 0.6 is 11.6 Å². The van der Waals surface area contributed by atoms with E-state index >= 15 is 0 Å². The third-order valence-corrected chi connectivity index (χ3v) is 3.39. The second-order valence-electron chi connectivity index (χ2n) is 4.55. The van der Waals surface area contributed by atoms with Crippen molar-refractivity contribution in [2.75, 3.05) is 5.32 Å². The van der Waals surface area contributed by atoms with Gasteiger partial charge < -0.3 is 5.32 Å². The fraction of sp³-hybridized carbons (Fsp3) is 0.636. The van der Waals surface area contributed by atoms with Crippen molar-refractivity contribution < 1.29 is 4.92 Å². The quantitative estimate of drug-likeness (QED) is 0.488. The minimum Gasteiger partial charge on any atom is -0.361 e. The zero-order valence-electron chi connectivity index (χ0n) is 10.1. The van der Waals surface area contributed by atoms with Crippen LogP contribution in [-0.2, 0) is 0 Å². The minimum atomic E-state index is -0.547. The lowest BCUT2D eigenvalue weighted by Crippen LogP contribution is -2.20. The summed E-state index contributed by atoms with van der Waals surface area (Å²) in [6, 6.07) is 0.196. The largest absolute Gasteiger partial charge is 0.361 e. The Morgan fingerprint density at radius 2 is 2.33 bits per heavy atom. The molecular weight excluding hydrogens is 256 g/mol. The highest BCUT2D eigenvalue weighted by Gasteiger charge is 2.27. The van der Waals surface area contributed by atoms with Gasteiger partial charge in [0.05, 0.1) is 4.92 Å². The van der Waals surface area contributed by atoms with Crippen LogP contribution in [-0.4, -0.2) is 20.9 Å². The number of aromatic nitrogens is 2. The number of nitro groups is 1. The molecule has 6 nitrogen and oxygen atoms in total. The predicted molar refractivity (Wildman–Crippen MR) is 68.7 cm³/mol. The number of rotatable bonds is 6. The highest BCUT2D eigenvalue weighted by atomic mass is 35.5. The molecule has 0 bridgehead atoms. The Morgan fingerprint density at radius 1 is 1.61 bits per heavy atom. The van der Waals surface area contributed by atoms with Crippen LogP contribution in [0.3, 0.4) is 0 Å². The Kier molecular flexibility index (Phi) is 3.96. The van der Waals surface area contributed by atoms with E-state index in [1.165, 1.54) is 19.2 Å². The Balaban J connectivity index is 2.15. The van der Waals surface area contributed by atoms with E-state index in [0.29, 0.717) is 0 Å². The molecule has 7 heteroatoms. The number of halogens is 1. The Morgan fingerprint density at radius 3 is 2.89 bits per heavy atom. The Hall–Kier alpha value is -1.43. The van der Waals surface area contributed by atoms with Crippen LogP contribution in [0.15, 0.2) is 6.33 Å². The van der Waals surface area contributed by atoms with Gasteiger partial charge in [-0.1, -0.05) is 31.4 Å². The van der Waals surface area contributed by atoms with Gasteiger partial charge in [-0.2, -0.15) is 0 Å². The van der Waals surface area contributed by atoms with Crippen molar-refractivity contribution in [2.45, 2.75) is 38.6 Å². The molecular formula is C11H15ClN4O2. The lowest BCUT2D eigenvalue weighted by Gasteiger charge is -2.16. The van der Waals surface area contributed by atoms with E-state index in [1.54, 1.807) is 0 Å². The van der Waals surface area contributed by atoms with Gasteiger partial charge in [0.25, 0.3) is 0 Å². The topological polar surface area (TPSA) is 81.0 Å². The standard InChI is InChI=1S/C11H15ClN4O2/c1-2-8(5-7-3-4-7)15-11-9(16(17)18)10(12)13-6-14-11/h6-8H,2-5H2,1H3,(H,13,14,15). The first-order valence-corrected chi connectivity index (χ1v) is 6.41. The first-order valence-electron chi connectivity index (χ1n) is 6.03. The van der Waals surface area contributed by atoms with Crippen LogP contribution in [0.5, 0.6) is 0 Å². The van der Waals surface area contributed by atoms with E-state index in [2.05, 4.69) is 22.2 Å². The second kappa shape index (κ2) is 5.48. The summed E-state index contributed by atoms with van der Waals surface area (Å²) < 4.78 is 0. The summed E-state index contributed by atoms with van der Waals surface area (Å²) in [4.78, 5) is 18.0. The molecule has 1 aromatic rings. The van der Waals surface area contributed by atoms with Gasteiger partial charge in [-0.25, -0.2) is 9.97 Å². The summed E-state index contributed by atoms with van der Waals surface area (Å²) in [5, 5.41) is 13.9. The van der Waals surface area contributed by atoms with Crippen molar-refractivity contribution >= 4 is 23.1 Å². The fourth-order valence-corrected chi connectivity index (χ4v) is 2.10. The number of nitrogens with one attached hydrogen (secondary N) is 1. The first kappa shape index (κ1) is 13.0. The van der Waals surface area contributed by atoms with Crippen molar-refractivity contribution in [1.82, 2.24) is 9.97 Å². The summed E-state index contributed by atoms with van der Waals surface area (Å²) in [5.41, 5.74) is -0.242. The molecule has 1 aliphatic rings. The SMILES string of the molecule is CCC(CC1CC1)Nc1ncnc(Cl)c1[N+](=O)[O-]. The van der Waals surface area contributed by atoms with Crippen molar-refractivity contribution in [3.63, 3.8) is 0 Å². The van der Waals surface area contributed by atoms with E-state index in [0.717, 1.165) is 18.8 Å². The average molecular weight is 271 g/mol. The molecule has 1 fully saturated rings. The molecule has 18 heavy (non-hydrogen) atoms. The monoisotopic (exact) mass is 270 g/mol. The Labute approximate surface area is 110 Å². The van der Waals surface area contributed by atoms with Crippen LogP contribution in [0.25, 0.3) is 0 Å². The molecule has 0 aromatic carbocycles. The zero-order chi connectivity index (χ0) is 13.1. The highest BCUT2D eigenvalue weighted by Crippen LogP contribution is 2.36. The van der Waals surface area contributed by atoms with E-state index in [-0.39, 0.29) is 22.7 Å². The molecule has 1 N–H and O–H groups in total. The lowest BCUT2D eigenvalue weighted by atomic mass is 10.1.